The Hall–Kier alpha value is -3.42. The lowest BCUT2D eigenvalue weighted by molar-refractivity contribution is -0.163. The number of carbonyl (C=O) groups is 2. The number of aromatic nitrogens is 3. The molecule has 0 spiro atoms. The van der Waals surface area contributed by atoms with Crippen LogP contribution in [-0.4, -0.2) is 45.3 Å². The number of aromatic hydroxyl groups is 1. The lowest BCUT2D eigenvalue weighted by Crippen LogP contribution is -2.39. The van der Waals surface area contributed by atoms with Gasteiger partial charge in [-0.3, -0.25) is 9.59 Å². The molecule has 0 saturated heterocycles. The summed E-state index contributed by atoms with van der Waals surface area (Å²) >= 11 is 0. The van der Waals surface area contributed by atoms with E-state index < -0.39 is 10.8 Å². The zero-order valence-corrected chi connectivity index (χ0v) is 21.9. The zero-order chi connectivity index (χ0) is 26.3. The number of carbonyl (C=O) groups excluding carboxylic acids is 2. The molecule has 0 aliphatic heterocycles. The van der Waals surface area contributed by atoms with E-state index in [9.17, 15) is 14.7 Å². The van der Waals surface area contributed by atoms with Crippen molar-refractivity contribution in [1.29, 1.82) is 0 Å². The molecular weight excluding hydrogens is 458 g/mol. The first-order chi connectivity index (χ1) is 17.1. The molecule has 8 heteroatoms. The summed E-state index contributed by atoms with van der Waals surface area (Å²) in [5.74, 6) is -0.568. The fraction of sp³-hybridized carbons (Fsp3) is 0.500. The van der Waals surface area contributed by atoms with Gasteiger partial charge in [0.25, 0.3) is 0 Å². The van der Waals surface area contributed by atoms with E-state index in [4.69, 9.17) is 9.47 Å². The molecule has 36 heavy (non-hydrogen) atoms. The molecule has 0 aliphatic carbocycles. The van der Waals surface area contributed by atoms with Crippen LogP contribution in [0.2, 0.25) is 0 Å². The summed E-state index contributed by atoms with van der Waals surface area (Å²) in [6, 6.07) is 12.6. The number of benzene rings is 2. The number of rotatable bonds is 12. The Morgan fingerprint density at radius 2 is 1.58 bits per heavy atom. The van der Waals surface area contributed by atoms with Crippen molar-refractivity contribution in [2.45, 2.75) is 66.7 Å². The standard InChI is InChI=1S/C28H37N3O5/c1-6-8-16-35-25(33)27(3,4)19-28(5,7-2)26(34)36-17-15-20-13-14-24(32)23(18-20)31-29-21-11-9-10-12-22(21)30-31/h9-14,18,32H,6-8,15-17,19H2,1-5H3. The Balaban J connectivity index is 1.63. The summed E-state index contributed by atoms with van der Waals surface area (Å²) in [5, 5.41) is 19.2. The number of hydrogen-bond donors (Lipinski definition) is 1. The predicted molar refractivity (Wildman–Crippen MR) is 138 cm³/mol. The molecule has 0 saturated carbocycles. The highest BCUT2D eigenvalue weighted by molar-refractivity contribution is 5.80. The molecule has 0 amide bonds. The zero-order valence-electron chi connectivity index (χ0n) is 21.9. The summed E-state index contributed by atoms with van der Waals surface area (Å²) in [7, 11) is 0. The predicted octanol–water partition coefficient (Wildman–Crippen LogP) is 5.39. The third-order valence-electron chi connectivity index (χ3n) is 6.55. The third-order valence-corrected chi connectivity index (χ3v) is 6.55. The highest BCUT2D eigenvalue weighted by Crippen LogP contribution is 2.38. The van der Waals surface area contributed by atoms with Gasteiger partial charge in [-0.1, -0.05) is 38.5 Å². The molecule has 2 aromatic carbocycles. The van der Waals surface area contributed by atoms with E-state index in [-0.39, 0.29) is 24.3 Å². The molecular formula is C28H37N3O5. The second-order valence-electron chi connectivity index (χ2n) is 10.2. The van der Waals surface area contributed by atoms with Crippen molar-refractivity contribution < 1.29 is 24.2 Å². The maximum absolute atomic E-state index is 13.1. The maximum Gasteiger partial charge on any atom is 0.311 e. The van der Waals surface area contributed by atoms with E-state index in [0.29, 0.717) is 31.6 Å². The van der Waals surface area contributed by atoms with Gasteiger partial charge in [0.05, 0.1) is 24.0 Å². The van der Waals surface area contributed by atoms with Gasteiger partial charge in [-0.2, -0.15) is 0 Å². The van der Waals surface area contributed by atoms with Crippen LogP contribution in [0.1, 0.15) is 65.9 Å². The SMILES string of the molecule is CCCCOC(=O)C(C)(C)CC(C)(CC)C(=O)OCCc1ccc(O)c(-n2nc3ccccc3n2)c1. The van der Waals surface area contributed by atoms with Crippen LogP contribution in [0.3, 0.4) is 0 Å². The Labute approximate surface area is 212 Å². The molecule has 0 radical (unpaired) electrons. The molecule has 3 aromatic rings. The van der Waals surface area contributed by atoms with Gasteiger partial charge in [0.1, 0.15) is 22.5 Å². The van der Waals surface area contributed by atoms with E-state index in [0.717, 1.165) is 29.4 Å². The van der Waals surface area contributed by atoms with Crippen LogP contribution in [0, 0.1) is 10.8 Å². The minimum atomic E-state index is -0.813. The van der Waals surface area contributed by atoms with Crippen LogP contribution in [0.4, 0.5) is 0 Å². The Bertz CT molecular complexity index is 1170. The molecule has 1 aromatic heterocycles. The summed E-state index contributed by atoms with van der Waals surface area (Å²) in [5.41, 5.74) is 1.17. The molecule has 194 valence electrons. The minimum absolute atomic E-state index is 0.0580. The Morgan fingerprint density at radius 1 is 0.944 bits per heavy atom. The second-order valence-corrected chi connectivity index (χ2v) is 10.2. The number of hydrogen-bond acceptors (Lipinski definition) is 7. The second kappa shape index (κ2) is 11.5. The number of fused-ring (bicyclic) bond motifs is 1. The van der Waals surface area contributed by atoms with Gasteiger partial charge < -0.3 is 14.6 Å². The number of ether oxygens (including phenoxy) is 2. The van der Waals surface area contributed by atoms with Crippen molar-refractivity contribution in [1.82, 2.24) is 15.0 Å². The number of unbranched alkanes of at least 4 members (excludes halogenated alkanes) is 1. The molecule has 1 N–H and O–H groups in total. The van der Waals surface area contributed by atoms with Crippen LogP contribution in [0.15, 0.2) is 42.5 Å². The van der Waals surface area contributed by atoms with Gasteiger partial charge in [-0.05, 0) is 69.9 Å². The van der Waals surface area contributed by atoms with E-state index in [1.165, 1.54) is 4.80 Å². The molecule has 1 unspecified atom stereocenters. The van der Waals surface area contributed by atoms with Crippen molar-refractivity contribution in [3.05, 3.63) is 48.0 Å². The quantitative estimate of drug-likeness (QED) is 0.265. The molecule has 0 fully saturated rings. The summed E-state index contributed by atoms with van der Waals surface area (Å²) < 4.78 is 11.1. The van der Waals surface area contributed by atoms with Crippen LogP contribution >= 0.6 is 0 Å². The molecule has 1 heterocycles. The fourth-order valence-corrected chi connectivity index (χ4v) is 4.18. The van der Waals surface area contributed by atoms with Crippen molar-refractivity contribution in [2.75, 3.05) is 13.2 Å². The highest BCUT2D eigenvalue weighted by atomic mass is 16.5. The molecule has 0 bridgehead atoms. The number of phenolic OH excluding ortho intramolecular Hbond substituents is 1. The smallest absolute Gasteiger partial charge is 0.311 e. The average Bonchev–Trinajstić information content (AvgIpc) is 3.28. The fourth-order valence-electron chi connectivity index (χ4n) is 4.18. The highest BCUT2D eigenvalue weighted by Gasteiger charge is 2.42. The maximum atomic E-state index is 13.1. The van der Waals surface area contributed by atoms with Crippen LogP contribution in [-0.2, 0) is 25.5 Å². The van der Waals surface area contributed by atoms with Crippen molar-refractivity contribution in [2.24, 2.45) is 10.8 Å². The van der Waals surface area contributed by atoms with E-state index in [2.05, 4.69) is 10.2 Å². The first kappa shape index (κ1) is 27.2. The lowest BCUT2D eigenvalue weighted by Gasteiger charge is -2.33. The summed E-state index contributed by atoms with van der Waals surface area (Å²) in [4.78, 5) is 27.0. The molecule has 0 aliphatic rings. The monoisotopic (exact) mass is 495 g/mol. The minimum Gasteiger partial charge on any atom is -0.506 e. The third kappa shape index (κ3) is 6.42. The number of phenols is 1. The summed E-state index contributed by atoms with van der Waals surface area (Å²) in [6.07, 6.45) is 3.11. The normalized spacial score (nSPS) is 13.4. The van der Waals surface area contributed by atoms with E-state index >= 15 is 0 Å². The Kier molecular flexibility index (Phi) is 8.71. The van der Waals surface area contributed by atoms with Gasteiger partial charge >= 0.3 is 11.9 Å². The van der Waals surface area contributed by atoms with Crippen LogP contribution in [0.25, 0.3) is 16.7 Å². The van der Waals surface area contributed by atoms with Crippen molar-refractivity contribution in [3.8, 4) is 11.4 Å². The van der Waals surface area contributed by atoms with Crippen LogP contribution < -0.4 is 0 Å². The first-order valence-electron chi connectivity index (χ1n) is 12.6. The summed E-state index contributed by atoms with van der Waals surface area (Å²) in [6.45, 7) is 9.99. The van der Waals surface area contributed by atoms with Gasteiger partial charge in [0.15, 0.2) is 0 Å². The molecule has 3 rings (SSSR count). The van der Waals surface area contributed by atoms with Gasteiger partial charge in [0.2, 0.25) is 0 Å². The molecule has 8 nitrogen and oxygen atoms in total. The first-order valence-corrected chi connectivity index (χ1v) is 12.6. The topological polar surface area (TPSA) is 104 Å². The molecule has 1 atom stereocenters. The van der Waals surface area contributed by atoms with Crippen molar-refractivity contribution >= 4 is 23.0 Å². The Morgan fingerprint density at radius 3 is 2.19 bits per heavy atom. The number of esters is 2. The van der Waals surface area contributed by atoms with Gasteiger partial charge in [-0.15, -0.1) is 15.0 Å². The van der Waals surface area contributed by atoms with E-state index in [1.54, 1.807) is 18.2 Å². The van der Waals surface area contributed by atoms with Gasteiger partial charge in [-0.25, -0.2) is 0 Å². The van der Waals surface area contributed by atoms with Gasteiger partial charge in [0, 0.05) is 6.42 Å². The largest absolute Gasteiger partial charge is 0.506 e. The lowest BCUT2D eigenvalue weighted by atomic mass is 9.72. The van der Waals surface area contributed by atoms with Crippen LogP contribution in [0.5, 0.6) is 5.75 Å². The van der Waals surface area contributed by atoms with E-state index in [1.807, 2.05) is 58.9 Å². The average molecular weight is 496 g/mol. The van der Waals surface area contributed by atoms with Crippen molar-refractivity contribution in [3.63, 3.8) is 0 Å². The number of nitrogens with zero attached hydrogens (tertiary/aromatic N) is 3.